The first-order valence-electron chi connectivity index (χ1n) is 5.13. The number of methoxy groups -OCH3 is 1. The maximum Gasteiger partial charge on any atom is 0.314 e. The number of benzene rings is 1. The van der Waals surface area contributed by atoms with Crippen LogP contribution in [0.3, 0.4) is 0 Å². The molecule has 0 radical (unpaired) electrons. The molecule has 0 atom stereocenters. The van der Waals surface area contributed by atoms with Crippen LogP contribution in [-0.4, -0.2) is 19.7 Å². The van der Waals surface area contributed by atoms with Crippen LogP contribution < -0.4 is 10.5 Å². The molecule has 2 N–H and O–H groups in total. The summed E-state index contributed by atoms with van der Waals surface area (Å²) in [6, 6.07) is 5.34. The van der Waals surface area contributed by atoms with Crippen LogP contribution in [-0.2, 0) is 9.53 Å². The highest BCUT2D eigenvalue weighted by Crippen LogP contribution is 2.31. The largest absolute Gasteiger partial charge is 0.491 e. The minimum absolute atomic E-state index is 0.224. The van der Waals surface area contributed by atoms with Gasteiger partial charge in [-0.1, -0.05) is 6.07 Å². The van der Waals surface area contributed by atoms with Crippen molar-refractivity contribution in [1.29, 1.82) is 0 Å². The average Bonchev–Trinajstić information content (AvgIpc) is 2.30. The molecule has 4 nitrogen and oxygen atoms in total. The van der Waals surface area contributed by atoms with Crippen LogP contribution in [0, 0.1) is 5.41 Å². The van der Waals surface area contributed by atoms with Crippen LogP contribution in [0.2, 0.25) is 0 Å². The predicted octanol–water partition coefficient (Wildman–Crippen LogP) is 2.61. The molecule has 0 aromatic heterocycles. The van der Waals surface area contributed by atoms with Crippen LogP contribution in [0.5, 0.6) is 5.75 Å². The highest BCUT2D eigenvalue weighted by Gasteiger charge is 2.30. The molecule has 0 heterocycles. The highest BCUT2D eigenvalue weighted by molar-refractivity contribution is 9.10. The fourth-order valence-electron chi connectivity index (χ4n) is 1.23. The van der Waals surface area contributed by atoms with E-state index >= 15 is 0 Å². The third kappa shape index (κ3) is 3.36. The van der Waals surface area contributed by atoms with Crippen molar-refractivity contribution in [2.24, 2.45) is 5.41 Å². The van der Waals surface area contributed by atoms with E-state index < -0.39 is 5.41 Å². The second-order valence-electron chi connectivity index (χ2n) is 4.32. The third-order valence-corrected chi connectivity index (χ3v) is 3.17. The first kappa shape index (κ1) is 13.8. The van der Waals surface area contributed by atoms with Crippen LogP contribution in [0.25, 0.3) is 0 Å². The fraction of sp³-hybridized carbons (Fsp3) is 0.417. The average molecular weight is 302 g/mol. The van der Waals surface area contributed by atoms with E-state index in [0.29, 0.717) is 15.9 Å². The van der Waals surface area contributed by atoms with Gasteiger partial charge in [0.15, 0.2) is 0 Å². The van der Waals surface area contributed by atoms with Gasteiger partial charge in [0.05, 0.1) is 17.0 Å². The Hall–Kier alpha value is -1.23. The zero-order chi connectivity index (χ0) is 13.1. The molecule has 0 aliphatic carbocycles. The lowest BCUT2D eigenvalue weighted by atomic mass is 9.95. The van der Waals surface area contributed by atoms with Crippen molar-refractivity contribution in [2.45, 2.75) is 13.8 Å². The Morgan fingerprint density at radius 3 is 2.71 bits per heavy atom. The van der Waals surface area contributed by atoms with E-state index in [1.54, 1.807) is 32.0 Å². The molecule has 17 heavy (non-hydrogen) atoms. The summed E-state index contributed by atoms with van der Waals surface area (Å²) >= 11 is 3.34. The Kier molecular flexibility index (Phi) is 4.40. The Morgan fingerprint density at radius 1 is 1.47 bits per heavy atom. The Morgan fingerprint density at radius 2 is 2.12 bits per heavy atom. The first-order valence-corrected chi connectivity index (χ1v) is 5.93. The monoisotopic (exact) mass is 301 g/mol. The van der Waals surface area contributed by atoms with Crippen molar-refractivity contribution in [3.8, 4) is 5.75 Å². The number of carbonyl (C=O) groups excluding carboxylic acids is 1. The van der Waals surface area contributed by atoms with Gasteiger partial charge in [0.2, 0.25) is 0 Å². The second kappa shape index (κ2) is 5.40. The second-order valence-corrected chi connectivity index (χ2v) is 5.12. The van der Waals surface area contributed by atoms with Crippen molar-refractivity contribution in [1.82, 2.24) is 0 Å². The highest BCUT2D eigenvalue weighted by atomic mass is 79.9. The molecule has 0 bridgehead atoms. The number of halogens is 1. The van der Waals surface area contributed by atoms with Gasteiger partial charge < -0.3 is 15.2 Å². The molecule has 0 amide bonds. The van der Waals surface area contributed by atoms with Crippen molar-refractivity contribution < 1.29 is 14.3 Å². The van der Waals surface area contributed by atoms with Crippen molar-refractivity contribution >= 4 is 27.6 Å². The molecular weight excluding hydrogens is 286 g/mol. The van der Waals surface area contributed by atoms with Crippen molar-refractivity contribution in [2.75, 3.05) is 19.5 Å². The smallest absolute Gasteiger partial charge is 0.314 e. The molecule has 5 heteroatoms. The van der Waals surface area contributed by atoms with Gasteiger partial charge in [0, 0.05) is 5.69 Å². The van der Waals surface area contributed by atoms with E-state index in [4.69, 9.17) is 15.2 Å². The van der Waals surface area contributed by atoms with Gasteiger partial charge in [-0.25, -0.2) is 0 Å². The van der Waals surface area contributed by atoms with E-state index in [2.05, 4.69) is 15.9 Å². The number of hydrogen-bond acceptors (Lipinski definition) is 4. The summed E-state index contributed by atoms with van der Waals surface area (Å²) in [5, 5.41) is 0. The fourth-order valence-corrected chi connectivity index (χ4v) is 1.61. The number of carbonyl (C=O) groups is 1. The molecule has 0 aliphatic heterocycles. The molecule has 0 unspecified atom stereocenters. The molecule has 1 aromatic rings. The number of anilines is 1. The van der Waals surface area contributed by atoms with Gasteiger partial charge in [0.25, 0.3) is 0 Å². The predicted molar refractivity (Wildman–Crippen MR) is 69.8 cm³/mol. The van der Waals surface area contributed by atoms with Gasteiger partial charge >= 0.3 is 5.97 Å². The number of nitrogen functional groups attached to an aromatic ring is 1. The molecular formula is C12H16BrNO3. The van der Waals surface area contributed by atoms with Gasteiger partial charge in [-0.3, -0.25) is 4.79 Å². The standard InChI is InChI=1S/C12H16BrNO3/c1-12(2,11(15)16-3)7-17-9-6-4-5-8(14)10(9)13/h4-6H,7,14H2,1-3H3. The van der Waals surface area contributed by atoms with E-state index in [1.807, 2.05) is 0 Å². The first-order chi connectivity index (χ1) is 7.88. The zero-order valence-electron chi connectivity index (χ0n) is 10.1. The minimum Gasteiger partial charge on any atom is -0.491 e. The summed E-state index contributed by atoms with van der Waals surface area (Å²) in [5.41, 5.74) is 5.63. The summed E-state index contributed by atoms with van der Waals surface area (Å²) in [6.07, 6.45) is 0. The normalized spacial score (nSPS) is 11.1. The maximum absolute atomic E-state index is 11.5. The zero-order valence-corrected chi connectivity index (χ0v) is 11.7. The van der Waals surface area contributed by atoms with Gasteiger partial charge in [-0.05, 0) is 41.9 Å². The summed E-state index contributed by atoms with van der Waals surface area (Å²) in [5.74, 6) is 0.305. The van der Waals surface area contributed by atoms with Gasteiger partial charge in [-0.15, -0.1) is 0 Å². The molecule has 1 rings (SSSR count). The Balaban J connectivity index is 2.74. The molecule has 0 fully saturated rings. The quantitative estimate of drug-likeness (QED) is 0.686. The summed E-state index contributed by atoms with van der Waals surface area (Å²) in [4.78, 5) is 11.5. The number of hydrogen-bond donors (Lipinski definition) is 1. The van der Waals surface area contributed by atoms with E-state index in [0.717, 1.165) is 0 Å². The molecule has 0 aliphatic rings. The van der Waals surface area contributed by atoms with Crippen LogP contribution in [0.1, 0.15) is 13.8 Å². The minimum atomic E-state index is -0.696. The molecule has 0 spiro atoms. The van der Waals surface area contributed by atoms with Crippen LogP contribution >= 0.6 is 15.9 Å². The summed E-state index contributed by atoms with van der Waals surface area (Å²) < 4.78 is 11.0. The third-order valence-electron chi connectivity index (χ3n) is 2.32. The summed E-state index contributed by atoms with van der Waals surface area (Å²) in [7, 11) is 1.36. The molecule has 1 aromatic carbocycles. The van der Waals surface area contributed by atoms with Crippen LogP contribution in [0.4, 0.5) is 5.69 Å². The van der Waals surface area contributed by atoms with Crippen molar-refractivity contribution in [3.63, 3.8) is 0 Å². The van der Waals surface area contributed by atoms with Crippen LogP contribution in [0.15, 0.2) is 22.7 Å². The molecule has 0 saturated heterocycles. The van der Waals surface area contributed by atoms with Gasteiger partial charge in [0.1, 0.15) is 12.4 Å². The topological polar surface area (TPSA) is 61.5 Å². The lowest BCUT2D eigenvalue weighted by Gasteiger charge is -2.22. The van der Waals surface area contributed by atoms with E-state index in [1.165, 1.54) is 7.11 Å². The molecule has 0 saturated carbocycles. The lowest BCUT2D eigenvalue weighted by molar-refractivity contribution is -0.152. The van der Waals surface area contributed by atoms with Crippen molar-refractivity contribution in [3.05, 3.63) is 22.7 Å². The van der Waals surface area contributed by atoms with E-state index in [-0.39, 0.29) is 12.6 Å². The number of esters is 1. The lowest BCUT2D eigenvalue weighted by Crippen LogP contribution is -2.32. The Labute approximate surface area is 109 Å². The van der Waals surface area contributed by atoms with E-state index in [9.17, 15) is 4.79 Å². The number of nitrogens with two attached hydrogens (primary N) is 1. The maximum atomic E-state index is 11.5. The van der Waals surface area contributed by atoms with Gasteiger partial charge in [-0.2, -0.15) is 0 Å². The Bertz CT molecular complexity index is 418. The number of rotatable bonds is 4. The summed E-state index contributed by atoms with van der Waals surface area (Å²) in [6.45, 7) is 3.75. The SMILES string of the molecule is COC(=O)C(C)(C)COc1cccc(N)c1Br. The molecule has 94 valence electrons. The number of ether oxygens (including phenoxy) is 2.